The molecule has 6 nitrogen and oxygen atoms in total. The molecule has 0 aliphatic heterocycles. The van der Waals surface area contributed by atoms with Gasteiger partial charge >= 0.3 is 6.18 Å². The molecule has 0 spiro atoms. The maximum absolute atomic E-state index is 12.5. The van der Waals surface area contributed by atoms with Crippen molar-refractivity contribution in [1.29, 1.82) is 0 Å². The number of carbonyl (C=O) groups is 2. The molecule has 0 fully saturated rings. The van der Waals surface area contributed by atoms with E-state index in [0.717, 1.165) is 0 Å². The van der Waals surface area contributed by atoms with Crippen molar-refractivity contribution in [2.24, 2.45) is 5.92 Å². The number of carbonyl (C=O) groups excluding carboxylic acids is 2. The van der Waals surface area contributed by atoms with E-state index in [0.29, 0.717) is 28.2 Å². The second-order valence-corrected chi connectivity index (χ2v) is 7.31. The van der Waals surface area contributed by atoms with E-state index in [4.69, 9.17) is 4.74 Å². The second kappa shape index (κ2) is 9.69. The van der Waals surface area contributed by atoms with Crippen LogP contribution in [0, 0.1) is 19.8 Å². The number of Topliss-reactive ketones (excluding diaryl/α,β-unsaturated/α-hetero) is 1. The molecule has 1 amide bonds. The summed E-state index contributed by atoms with van der Waals surface area (Å²) in [5, 5.41) is 2.71. The number of halogens is 3. The molecule has 0 atom stereocenters. The fourth-order valence-electron chi connectivity index (χ4n) is 2.62. The smallest absolute Gasteiger partial charge is 0.422 e. The number of hydrogen-bond donors (Lipinski definition) is 1. The van der Waals surface area contributed by atoms with E-state index in [1.165, 1.54) is 6.20 Å². The SMILES string of the molecule is Cc1cc(C(=O)NCc2cc(C)c(OCC(F)(F)F)cn2)cc(CC(=O)C(C)C)n1. The minimum absolute atomic E-state index is 0.0339. The third-order valence-electron chi connectivity index (χ3n) is 4.21. The van der Waals surface area contributed by atoms with Crippen LogP contribution in [0.2, 0.25) is 0 Å². The zero-order valence-corrected chi connectivity index (χ0v) is 17.3. The van der Waals surface area contributed by atoms with E-state index in [2.05, 4.69) is 15.3 Å². The second-order valence-electron chi connectivity index (χ2n) is 7.31. The summed E-state index contributed by atoms with van der Waals surface area (Å²) in [6.45, 7) is 5.64. The van der Waals surface area contributed by atoms with E-state index < -0.39 is 12.8 Å². The minimum atomic E-state index is -4.43. The quantitative estimate of drug-likeness (QED) is 0.700. The van der Waals surface area contributed by atoms with E-state index >= 15 is 0 Å². The highest BCUT2D eigenvalue weighted by atomic mass is 19.4. The zero-order valence-electron chi connectivity index (χ0n) is 17.3. The van der Waals surface area contributed by atoms with Crippen LogP contribution in [0.4, 0.5) is 13.2 Å². The number of nitrogens with zero attached hydrogens (tertiary/aromatic N) is 2. The van der Waals surface area contributed by atoms with Gasteiger partial charge in [0.15, 0.2) is 6.61 Å². The molecule has 0 aromatic carbocycles. The Balaban J connectivity index is 2.02. The van der Waals surface area contributed by atoms with Crippen molar-refractivity contribution in [3.05, 3.63) is 52.6 Å². The number of rotatable bonds is 8. The molecule has 0 radical (unpaired) electrons. The highest BCUT2D eigenvalue weighted by Crippen LogP contribution is 2.21. The molecule has 0 unspecified atom stereocenters. The largest absolute Gasteiger partial charge is 0.482 e. The Morgan fingerprint density at radius 2 is 1.83 bits per heavy atom. The topological polar surface area (TPSA) is 81.2 Å². The summed E-state index contributed by atoms with van der Waals surface area (Å²) >= 11 is 0. The summed E-state index contributed by atoms with van der Waals surface area (Å²) < 4.78 is 41.5. The highest BCUT2D eigenvalue weighted by Gasteiger charge is 2.28. The van der Waals surface area contributed by atoms with Crippen LogP contribution in [-0.4, -0.2) is 34.4 Å². The molecule has 0 saturated carbocycles. The van der Waals surface area contributed by atoms with Crippen molar-refractivity contribution in [3.63, 3.8) is 0 Å². The number of pyridine rings is 2. The van der Waals surface area contributed by atoms with Gasteiger partial charge in [0, 0.05) is 29.3 Å². The maximum Gasteiger partial charge on any atom is 0.422 e. The van der Waals surface area contributed by atoms with Crippen molar-refractivity contribution in [2.75, 3.05) is 6.61 Å². The van der Waals surface area contributed by atoms with Gasteiger partial charge in [-0.15, -0.1) is 0 Å². The predicted octanol–water partition coefficient (Wildman–Crippen LogP) is 3.73. The van der Waals surface area contributed by atoms with Gasteiger partial charge in [0.1, 0.15) is 11.5 Å². The summed E-state index contributed by atoms with van der Waals surface area (Å²) in [7, 11) is 0. The number of aromatic nitrogens is 2. The van der Waals surface area contributed by atoms with Gasteiger partial charge in [-0.3, -0.25) is 19.6 Å². The lowest BCUT2D eigenvalue weighted by Gasteiger charge is -2.12. The molecule has 1 N–H and O–H groups in total. The first kappa shape index (κ1) is 23.3. The van der Waals surface area contributed by atoms with Crippen molar-refractivity contribution in [2.45, 2.75) is 46.8 Å². The van der Waals surface area contributed by atoms with Gasteiger partial charge in [-0.25, -0.2) is 0 Å². The molecule has 30 heavy (non-hydrogen) atoms. The van der Waals surface area contributed by atoms with Crippen LogP contribution < -0.4 is 10.1 Å². The van der Waals surface area contributed by atoms with E-state index in [9.17, 15) is 22.8 Å². The molecule has 0 bridgehead atoms. The molecule has 2 aromatic heterocycles. The number of amides is 1. The summed E-state index contributed by atoms with van der Waals surface area (Å²) in [5.74, 6) is -0.420. The van der Waals surface area contributed by atoms with Crippen LogP contribution in [0.1, 0.15) is 46.9 Å². The number of ketones is 1. The Bertz CT molecular complexity index is 927. The van der Waals surface area contributed by atoms with Crippen LogP contribution in [0.25, 0.3) is 0 Å². The Morgan fingerprint density at radius 3 is 2.43 bits per heavy atom. The van der Waals surface area contributed by atoms with Crippen molar-refractivity contribution >= 4 is 11.7 Å². The fraction of sp³-hybridized carbons (Fsp3) is 0.429. The van der Waals surface area contributed by atoms with E-state index in [1.54, 1.807) is 45.9 Å². The third kappa shape index (κ3) is 7.13. The number of ether oxygens (including phenoxy) is 1. The van der Waals surface area contributed by atoms with Crippen molar-refractivity contribution in [3.8, 4) is 5.75 Å². The lowest BCUT2D eigenvalue weighted by Crippen LogP contribution is -2.24. The maximum atomic E-state index is 12.5. The third-order valence-corrected chi connectivity index (χ3v) is 4.21. The number of nitrogens with one attached hydrogen (secondary N) is 1. The fourth-order valence-corrected chi connectivity index (χ4v) is 2.62. The van der Waals surface area contributed by atoms with Gasteiger partial charge in [0.25, 0.3) is 5.91 Å². The number of alkyl halides is 3. The van der Waals surface area contributed by atoms with Crippen LogP contribution in [0.15, 0.2) is 24.4 Å². The van der Waals surface area contributed by atoms with Crippen LogP contribution in [0.3, 0.4) is 0 Å². The van der Waals surface area contributed by atoms with Gasteiger partial charge in [0.05, 0.1) is 18.4 Å². The molecular weight excluding hydrogens is 399 g/mol. The minimum Gasteiger partial charge on any atom is -0.482 e. The molecule has 2 heterocycles. The molecule has 9 heteroatoms. The van der Waals surface area contributed by atoms with Gasteiger partial charge in [-0.2, -0.15) is 13.2 Å². The Hall–Kier alpha value is -2.97. The summed E-state index contributed by atoms with van der Waals surface area (Å²) in [5.41, 5.74) is 2.47. The Labute approximate surface area is 172 Å². The lowest BCUT2D eigenvalue weighted by molar-refractivity contribution is -0.153. The zero-order chi connectivity index (χ0) is 22.5. The number of aryl methyl sites for hydroxylation is 2. The van der Waals surface area contributed by atoms with Crippen molar-refractivity contribution in [1.82, 2.24) is 15.3 Å². The molecule has 2 rings (SSSR count). The average Bonchev–Trinajstić information content (AvgIpc) is 2.64. The van der Waals surface area contributed by atoms with E-state index in [1.807, 2.05) is 0 Å². The first-order valence-electron chi connectivity index (χ1n) is 9.38. The average molecular weight is 423 g/mol. The summed E-state index contributed by atoms with van der Waals surface area (Å²) in [6.07, 6.45) is -3.07. The lowest BCUT2D eigenvalue weighted by atomic mass is 10.0. The predicted molar refractivity (Wildman–Crippen MR) is 104 cm³/mol. The van der Waals surface area contributed by atoms with Gasteiger partial charge in [0.2, 0.25) is 0 Å². The van der Waals surface area contributed by atoms with Crippen LogP contribution in [-0.2, 0) is 17.8 Å². The van der Waals surface area contributed by atoms with Crippen LogP contribution in [0.5, 0.6) is 5.75 Å². The van der Waals surface area contributed by atoms with Crippen molar-refractivity contribution < 1.29 is 27.5 Å². The molecule has 0 saturated heterocycles. The normalized spacial score (nSPS) is 11.5. The van der Waals surface area contributed by atoms with Gasteiger partial charge < -0.3 is 10.1 Å². The van der Waals surface area contributed by atoms with Crippen LogP contribution >= 0.6 is 0 Å². The molecular formula is C21H24F3N3O3. The molecule has 162 valence electrons. The monoisotopic (exact) mass is 423 g/mol. The summed E-state index contributed by atoms with van der Waals surface area (Å²) in [4.78, 5) is 32.8. The first-order valence-corrected chi connectivity index (χ1v) is 9.38. The highest BCUT2D eigenvalue weighted by molar-refractivity contribution is 5.94. The Morgan fingerprint density at radius 1 is 1.13 bits per heavy atom. The molecule has 2 aromatic rings. The van der Waals surface area contributed by atoms with E-state index in [-0.39, 0.29) is 36.3 Å². The summed E-state index contributed by atoms with van der Waals surface area (Å²) in [6, 6.07) is 4.75. The van der Waals surface area contributed by atoms with Gasteiger partial charge in [-0.05, 0) is 37.6 Å². The van der Waals surface area contributed by atoms with Gasteiger partial charge in [-0.1, -0.05) is 13.8 Å². The standard InChI is InChI=1S/C21H24F3N3O3/c1-12(2)18(28)8-16-7-15(6-14(4)27-16)20(29)26-9-17-5-13(3)19(10-25-17)30-11-21(22,23)24/h5-7,10,12H,8-9,11H2,1-4H3,(H,26,29). The Kier molecular flexibility index (Phi) is 7.53. The first-order chi connectivity index (χ1) is 13.9. The molecule has 0 aliphatic rings. The number of hydrogen-bond acceptors (Lipinski definition) is 5. The molecule has 0 aliphatic carbocycles.